The maximum Gasteiger partial charge on any atom is -0.00436 e. The lowest BCUT2D eigenvalue weighted by Crippen LogP contribution is -2.49. The fourth-order valence-corrected chi connectivity index (χ4v) is 3.29. The molecule has 2 aliphatic rings. The van der Waals surface area contributed by atoms with E-state index in [1.807, 2.05) is 0 Å². The predicted octanol–water partition coefficient (Wildman–Crippen LogP) is 2.18. The Morgan fingerprint density at radius 1 is 1.00 bits per heavy atom. The van der Waals surface area contributed by atoms with Crippen molar-refractivity contribution in [1.82, 2.24) is 5.32 Å². The second kappa shape index (κ2) is 2.22. The molecule has 1 heteroatoms. The van der Waals surface area contributed by atoms with Gasteiger partial charge in [-0.3, -0.25) is 0 Å². The van der Waals surface area contributed by atoms with Crippen molar-refractivity contribution in [3.05, 3.63) is 0 Å². The van der Waals surface area contributed by atoms with Gasteiger partial charge in [-0.05, 0) is 49.6 Å². The molecule has 0 atom stereocenters. The summed E-state index contributed by atoms with van der Waals surface area (Å²) in [5.74, 6) is 0. The summed E-state index contributed by atoms with van der Waals surface area (Å²) in [5, 5.41) is 3.44. The zero-order valence-electron chi connectivity index (χ0n) is 7.74. The standard InChI is InChI=1S/C10H19N/c1-9(2)7-10(8-9)3-5-11-6-4-10/h11H,3-8H2,1-2H3. The molecule has 1 saturated carbocycles. The van der Waals surface area contributed by atoms with E-state index in [9.17, 15) is 0 Å². The third-order valence-electron chi connectivity index (χ3n) is 3.37. The lowest BCUT2D eigenvalue weighted by Gasteiger charge is -2.55. The minimum Gasteiger partial charge on any atom is -0.317 e. The Balaban J connectivity index is 1.94. The van der Waals surface area contributed by atoms with Crippen molar-refractivity contribution in [2.45, 2.75) is 39.5 Å². The third kappa shape index (κ3) is 1.31. The summed E-state index contributed by atoms with van der Waals surface area (Å²) in [7, 11) is 0. The first-order chi connectivity index (χ1) is 5.12. The smallest absolute Gasteiger partial charge is 0.00436 e. The molecule has 1 heterocycles. The SMILES string of the molecule is CC1(C)CC2(CCNCC2)C1. The zero-order chi connectivity index (χ0) is 7.95. The molecular weight excluding hydrogens is 134 g/mol. The average Bonchev–Trinajstić information content (AvgIpc) is 1.85. The lowest BCUT2D eigenvalue weighted by molar-refractivity contribution is -0.0366. The second-order valence-corrected chi connectivity index (χ2v) is 5.27. The summed E-state index contributed by atoms with van der Waals surface area (Å²) in [6.07, 6.45) is 5.80. The van der Waals surface area contributed by atoms with E-state index in [2.05, 4.69) is 19.2 Å². The molecule has 0 unspecified atom stereocenters. The monoisotopic (exact) mass is 153 g/mol. The van der Waals surface area contributed by atoms with Crippen LogP contribution in [0.4, 0.5) is 0 Å². The second-order valence-electron chi connectivity index (χ2n) is 5.27. The van der Waals surface area contributed by atoms with Crippen LogP contribution in [-0.4, -0.2) is 13.1 Å². The van der Waals surface area contributed by atoms with Crippen LogP contribution in [0.25, 0.3) is 0 Å². The number of nitrogens with one attached hydrogen (secondary N) is 1. The summed E-state index contributed by atoms with van der Waals surface area (Å²) < 4.78 is 0. The largest absolute Gasteiger partial charge is 0.317 e. The minimum atomic E-state index is 0.664. The Bertz CT molecular complexity index is 144. The van der Waals surface area contributed by atoms with E-state index in [0.29, 0.717) is 5.41 Å². The summed E-state index contributed by atoms with van der Waals surface area (Å²) in [4.78, 5) is 0. The van der Waals surface area contributed by atoms with Gasteiger partial charge in [-0.25, -0.2) is 0 Å². The molecule has 1 spiro atoms. The van der Waals surface area contributed by atoms with E-state index in [1.165, 1.54) is 38.8 Å². The Kier molecular flexibility index (Phi) is 1.54. The highest BCUT2D eigenvalue weighted by molar-refractivity contribution is 5.00. The summed E-state index contributed by atoms with van der Waals surface area (Å²) >= 11 is 0. The van der Waals surface area contributed by atoms with Gasteiger partial charge >= 0.3 is 0 Å². The van der Waals surface area contributed by atoms with Crippen molar-refractivity contribution < 1.29 is 0 Å². The van der Waals surface area contributed by atoms with Crippen molar-refractivity contribution in [2.24, 2.45) is 10.8 Å². The van der Waals surface area contributed by atoms with Gasteiger partial charge in [0.25, 0.3) is 0 Å². The van der Waals surface area contributed by atoms with Crippen LogP contribution in [0.5, 0.6) is 0 Å². The van der Waals surface area contributed by atoms with Crippen LogP contribution in [0.1, 0.15) is 39.5 Å². The van der Waals surface area contributed by atoms with Gasteiger partial charge in [0, 0.05) is 0 Å². The van der Waals surface area contributed by atoms with Gasteiger partial charge in [0.15, 0.2) is 0 Å². The molecule has 0 radical (unpaired) electrons. The summed E-state index contributed by atoms with van der Waals surface area (Å²) in [6.45, 7) is 7.33. The highest BCUT2D eigenvalue weighted by atomic mass is 14.9. The van der Waals surface area contributed by atoms with E-state index >= 15 is 0 Å². The number of rotatable bonds is 0. The molecule has 1 N–H and O–H groups in total. The van der Waals surface area contributed by atoms with Gasteiger partial charge in [0.2, 0.25) is 0 Å². The molecule has 0 bridgehead atoms. The van der Waals surface area contributed by atoms with E-state index in [-0.39, 0.29) is 0 Å². The first-order valence-electron chi connectivity index (χ1n) is 4.83. The molecule has 0 amide bonds. The van der Waals surface area contributed by atoms with Crippen LogP contribution in [0, 0.1) is 10.8 Å². The number of hydrogen-bond acceptors (Lipinski definition) is 1. The zero-order valence-corrected chi connectivity index (χ0v) is 7.74. The van der Waals surface area contributed by atoms with E-state index in [1.54, 1.807) is 0 Å². The molecule has 11 heavy (non-hydrogen) atoms. The number of piperidine rings is 1. The quantitative estimate of drug-likeness (QED) is 0.562. The van der Waals surface area contributed by atoms with E-state index < -0.39 is 0 Å². The molecule has 64 valence electrons. The van der Waals surface area contributed by atoms with Crippen molar-refractivity contribution >= 4 is 0 Å². The average molecular weight is 153 g/mol. The van der Waals surface area contributed by atoms with Crippen LogP contribution in [0.3, 0.4) is 0 Å². The Labute approximate surface area is 69.6 Å². The molecule has 1 aliphatic carbocycles. The molecule has 0 aromatic carbocycles. The van der Waals surface area contributed by atoms with Crippen LogP contribution >= 0.6 is 0 Å². The minimum absolute atomic E-state index is 0.664. The Morgan fingerprint density at radius 2 is 1.55 bits per heavy atom. The number of hydrogen-bond donors (Lipinski definition) is 1. The van der Waals surface area contributed by atoms with Gasteiger partial charge in [0.05, 0.1) is 0 Å². The predicted molar refractivity (Wildman–Crippen MR) is 47.6 cm³/mol. The van der Waals surface area contributed by atoms with Crippen molar-refractivity contribution in [1.29, 1.82) is 0 Å². The van der Waals surface area contributed by atoms with Crippen molar-refractivity contribution in [2.75, 3.05) is 13.1 Å². The molecule has 2 fully saturated rings. The molecule has 2 rings (SSSR count). The first kappa shape index (κ1) is 7.60. The highest BCUT2D eigenvalue weighted by Gasteiger charge is 2.48. The Morgan fingerprint density at radius 3 is 2.00 bits per heavy atom. The maximum absolute atomic E-state index is 3.44. The Hall–Kier alpha value is -0.0400. The third-order valence-corrected chi connectivity index (χ3v) is 3.37. The van der Waals surface area contributed by atoms with E-state index in [0.717, 1.165) is 5.41 Å². The van der Waals surface area contributed by atoms with Gasteiger partial charge in [-0.15, -0.1) is 0 Å². The first-order valence-corrected chi connectivity index (χ1v) is 4.83. The van der Waals surface area contributed by atoms with Gasteiger partial charge in [0.1, 0.15) is 0 Å². The summed E-state index contributed by atoms with van der Waals surface area (Å²) in [5.41, 5.74) is 1.44. The maximum atomic E-state index is 3.44. The molecule has 1 aliphatic heterocycles. The normalized spacial score (nSPS) is 33.3. The van der Waals surface area contributed by atoms with Gasteiger partial charge in [-0.2, -0.15) is 0 Å². The molecular formula is C10H19N. The van der Waals surface area contributed by atoms with Gasteiger partial charge in [-0.1, -0.05) is 13.8 Å². The van der Waals surface area contributed by atoms with Crippen LogP contribution in [0.2, 0.25) is 0 Å². The molecule has 0 aromatic heterocycles. The van der Waals surface area contributed by atoms with Crippen LogP contribution in [-0.2, 0) is 0 Å². The van der Waals surface area contributed by atoms with Crippen LogP contribution < -0.4 is 5.32 Å². The van der Waals surface area contributed by atoms with Crippen molar-refractivity contribution in [3.63, 3.8) is 0 Å². The fourth-order valence-electron chi connectivity index (χ4n) is 3.29. The van der Waals surface area contributed by atoms with E-state index in [4.69, 9.17) is 0 Å². The fraction of sp³-hybridized carbons (Fsp3) is 1.00. The van der Waals surface area contributed by atoms with Crippen molar-refractivity contribution in [3.8, 4) is 0 Å². The summed E-state index contributed by atoms with van der Waals surface area (Å²) in [6, 6.07) is 0. The van der Waals surface area contributed by atoms with Crippen LogP contribution in [0.15, 0.2) is 0 Å². The topological polar surface area (TPSA) is 12.0 Å². The molecule has 1 saturated heterocycles. The highest BCUT2D eigenvalue weighted by Crippen LogP contribution is 2.58. The lowest BCUT2D eigenvalue weighted by atomic mass is 9.51. The van der Waals surface area contributed by atoms with Gasteiger partial charge < -0.3 is 5.32 Å². The molecule has 0 aromatic rings. The molecule has 1 nitrogen and oxygen atoms in total.